The molecule has 5 nitrogen and oxygen atoms in total. The fourth-order valence-corrected chi connectivity index (χ4v) is 2.75. The summed E-state index contributed by atoms with van der Waals surface area (Å²) in [6.45, 7) is 0.216. The molecule has 0 heterocycles. The molecule has 0 spiro atoms. The van der Waals surface area contributed by atoms with Crippen molar-refractivity contribution in [1.82, 2.24) is 0 Å². The van der Waals surface area contributed by atoms with Crippen LogP contribution in [0.3, 0.4) is 0 Å². The van der Waals surface area contributed by atoms with Crippen molar-refractivity contribution in [2.24, 2.45) is 0 Å². The van der Waals surface area contributed by atoms with Crippen molar-refractivity contribution in [3.63, 3.8) is 0 Å². The average Bonchev–Trinajstić information content (AvgIpc) is 2.66. The molecule has 0 unspecified atom stereocenters. The zero-order chi connectivity index (χ0) is 15.9. The van der Waals surface area contributed by atoms with Gasteiger partial charge in [0, 0.05) is 12.5 Å². The van der Waals surface area contributed by atoms with E-state index in [9.17, 15) is 5.11 Å². The van der Waals surface area contributed by atoms with Crippen LogP contribution in [0.4, 0.5) is 0 Å². The van der Waals surface area contributed by atoms with Crippen LogP contribution in [-0.2, 0) is 0 Å². The smallest absolute Gasteiger partial charge is 0.291 e. The summed E-state index contributed by atoms with van der Waals surface area (Å²) in [7, 11) is 0. The molecule has 2 aromatic carbocycles. The topological polar surface area (TPSA) is 83.6 Å². The van der Waals surface area contributed by atoms with Gasteiger partial charge < -0.3 is 10.3 Å². The number of hydrogen-bond acceptors (Lipinski definition) is 3. The zero-order valence-electron chi connectivity index (χ0n) is 11.9. The molecule has 0 amide bonds. The van der Waals surface area contributed by atoms with Gasteiger partial charge in [0.2, 0.25) is 0 Å². The molecule has 1 aliphatic carbocycles. The molecule has 22 heavy (non-hydrogen) atoms. The molecular weight excluding hydrogens is 282 g/mol. The van der Waals surface area contributed by atoms with Gasteiger partial charge in [-0.3, -0.25) is 0 Å². The van der Waals surface area contributed by atoms with Gasteiger partial charge in [0.1, 0.15) is 0 Å². The molecule has 2 aromatic rings. The van der Waals surface area contributed by atoms with Gasteiger partial charge in [0.05, 0.1) is 0 Å². The number of aliphatic hydroxyl groups is 1. The summed E-state index contributed by atoms with van der Waals surface area (Å²) in [5.74, 6) is 0.289. The van der Waals surface area contributed by atoms with Crippen LogP contribution in [-0.4, -0.2) is 22.0 Å². The minimum Gasteiger partial charge on any atom is -0.396 e. The fraction of sp³-hybridized carbons (Fsp3) is 0.176. The lowest BCUT2D eigenvalue weighted by Gasteiger charge is -2.19. The Morgan fingerprint density at radius 1 is 0.955 bits per heavy atom. The minimum absolute atomic E-state index is 0.216. The lowest BCUT2D eigenvalue weighted by Crippen LogP contribution is -2.05. The number of rotatable bonds is 2. The largest absolute Gasteiger partial charge is 0.396 e. The molecule has 5 heteroatoms. The van der Waals surface area contributed by atoms with Gasteiger partial charge in [-0.2, -0.15) is 0 Å². The van der Waals surface area contributed by atoms with Crippen LogP contribution in [0.5, 0.6) is 0 Å². The number of hydrogen-bond donors (Lipinski definition) is 2. The van der Waals surface area contributed by atoms with Gasteiger partial charge in [-0.1, -0.05) is 60.7 Å². The van der Waals surface area contributed by atoms with E-state index in [0.717, 1.165) is 6.42 Å². The molecular formula is C17H17NO4. The standard InChI is InChI=1S/C17H16O.HNO3/c18-12-11-17-15-7-3-1-5-13(15)9-10-14-6-2-4-8-16(14)17;2-1(3)4/h1-10,17-18H,11-12H2;(H,2,3,4). The van der Waals surface area contributed by atoms with Crippen molar-refractivity contribution in [2.45, 2.75) is 12.3 Å². The van der Waals surface area contributed by atoms with E-state index in [0.29, 0.717) is 0 Å². The summed E-state index contributed by atoms with van der Waals surface area (Å²) >= 11 is 0. The Bertz CT molecular complexity index is 628. The van der Waals surface area contributed by atoms with Gasteiger partial charge in [0.15, 0.2) is 0 Å². The van der Waals surface area contributed by atoms with Gasteiger partial charge in [-0.05, 0) is 28.7 Å². The molecule has 0 atom stereocenters. The second kappa shape index (κ2) is 7.38. The molecule has 2 N–H and O–H groups in total. The van der Waals surface area contributed by atoms with Gasteiger partial charge in [0.25, 0.3) is 5.09 Å². The van der Waals surface area contributed by atoms with Crippen LogP contribution < -0.4 is 0 Å². The third kappa shape index (κ3) is 3.71. The van der Waals surface area contributed by atoms with Crippen molar-refractivity contribution in [2.75, 3.05) is 6.61 Å². The molecule has 0 saturated carbocycles. The van der Waals surface area contributed by atoms with Crippen molar-refractivity contribution >= 4 is 12.2 Å². The molecule has 0 aromatic heterocycles. The SMILES string of the molecule is O=[N+]([O-])O.OCCC1c2ccccc2C=Cc2ccccc21. The van der Waals surface area contributed by atoms with E-state index in [1.807, 2.05) is 0 Å². The first-order valence-electron chi connectivity index (χ1n) is 6.93. The third-order valence-electron chi connectivity index (χ3n) is 3.60. The van der Waals surface area contributed by atoms with E-state index in [1.165, 1.54) is 22.3 Å². The normalized spacial score (nSPS) is 12.4. The first-order chi connectivity index (χ1) is 10.6. The van der Waals surface area contributed by atoms with Crippen LogP contribution in [0.2, 0.25) is 0 Å². The Balaban J connectivity index is 0.000000396. The predicted molar refractivity (Wildman–Crippen MR) is 84.1 cm³/mol. The van der Waals surface area contributed by atoms with Crippen LogP contribution in [0.15, 0.2) is 48.5 Å². The highest BCUT2D eigenvalue weighted by atomic mass is 16.9. The van der Waals surface area contributed by atoms with Gasteiger partial charge >= 0.3 is 0 Å². The summed E-state index contributed by atoms with van der Waals surface area (Å²) in [6, 6.07) is 16.9. The minimum atomic E-state index is -1.50. The van der Waals surface area contributed by atoms with E-state index in [2.05, 4.69) is 60.7 Å². The van der Waals surface area contributed by atoms with Crippen molar-refractivity contribution < 1.29 is 15.4 Å². The quantitative estimate of drug-likeness (QED) is 0.658. The molecule has 0 radical (unpaired) electrons. The molecule has 0 bridgehead atoms. The van der Waals surface area contributed by atoms with E-state index in [1.54, 1.807) is 0 Å². The Morgan fingerprint density at radius 3 is 1.77 bits per heavy atom. The summed E-state index contributed by atoms with van der Waals surface area (Å²) in [5, 5.41) is 23.0. The van der Waals surface area contributed by atoms with Gasteiger partial charge in [-0.15, -0.1) is 10.1 Å². The number of aliphatic hydroxyl groups excluding tert-OH is 1. The number of benzene rings is 2. The first kappa shape index (κ1) is 15.7. The maximum Gasteiger partial charge on any atom is 0.291 e. The van der Waals surface area contributed by atoms with Crippen molar-refractivity contribution in [3.8, 4) is 0 Å². The highest BCUT2D eigenvalue weighted by Gasteiger charge is 2.20. The Hall–Kier alpha value is -2.66. The summed E-state index contributed by atoms with van der Waals surface area (Å²) in [4.78, 5) is 8.36. The summed E-state index contributed by atoms with van der Waals surface area (Å²) < 4.78 is 0. The van der Waals surface area contributed by atoms with E-state index in [-0.39, 0.29) is 12.5 Å². The Kier molecular flexibility index (Phi) is 5.27. The Morgan fingerprint density at radius 2 is 1.36 bits per heavy atom. The molecule has 0 fully saturated rings. The van der Waals surface area contributed by atoms with E-state index >= 15 is 0 Å². The molecule has 114 valence electrons. The van der Waals surface area contributed by atoms with Crippen LogP contribution in [0.25, 0.3) is 12.2 Å². The highest BCUT2D eigenvalue weighted by molar-refractivity contribution is 5.76. The Labute approximate surface area is 128 Å². The van der Waals surface area contributed by atoms with E-state index in [4.69, 9.17) is 15.3 Å². The summed E-state index contributed by atoms with van der Waals surface area (Å²) in [6.07, 6.45) is 5.12. The molecule has 0 aliphatic heterocycles. The van der Waals surface area contributed by atoms with Crippen LogP contribution in [0, 0.1) is 10.1 Å². The maximum absolute atomic E-state index is 9.34. The van der Waals surface area contributed by atoms with Crippen LogP contribution >= 0.6 is 0 Å². The molecule has 0 saturated heterocycles. The fourth-order valence-electron chi connectivity index (χ4n) is 2.75. The van der Waals surface area contributed by atoms with Crippen LogP contribution in [0.1, 0.15) is 34.6 Å². The monoisotopic (exact) mass is 299 g/mol. The lowest BCUT2D eigenvalue weighted by atomic mass is 9.85. The number of nitrogens with zero attached hydrogens (tertiary/aromatic N) is 1. The lowest BCUT2D eigenvalue weighted by molar-refractivity contribution is -0.742. The first-order valence-corrected chi connectivity index (χ1v) is 6.93. The molecule has 1 aliphatic rings. The van der Waals surface area contributed by atoms with Crippen molar-refractivity contribution in [3.05, 3.63) is 80.9 Å². The second-order valence-electron chi connectivity index (χ2n) is 4.89. The maximum atomic E-state index is 9.34. The average molecular weight is 299 g/mol. The highest BCUT2D eigenvalue weighted by Crippen LogP contribution is 2.36. The summed E-state index contributed by atoms with van der Waals surface area (Å²) in [5.41, 5.74) is 5.14. The zero-order valence-corrected chi connectivity index (χ0v) is 11.9. The van der Waals surface area contributed by atoms with E-state index < -0.39 is 5.09 Å². The molecule has 3 rings (SSSR count). The van der Waals surface area contributed by atoms with Crippen molar-refractivity contribution in [1.29, 1.82) is 0 Å². The second-order valence-corrected chi connectivity index (χ2v) is 4.89. The third-order valence-corrected chi connectivity index (χ3v) is 3.60. The predicted octanol–water partition coefficient (Wildman–Crippen LogP) is 3.34. The number of fused-ring (bicyclic) bond motifs is 2. The van der Waals surface area contributed by atoms with Gasteiger partial charge in [-0.25, -0.2) is 0 Å².